The van der Waals surface area contributed by atoms with Gasteiger partial charge in [-0.1, -0.05) is 23.7 Å². The van der Waals surface area contributed by atoms with Gasteiger partial charge in [0, 0.05) is 23.7 Å². The maximum atomic E-state index is 12.2. The minimum atomic E-state index is -0.0934. The second-order valence-corrected chi connectivity index (χ2v) is 6.20. The lowest BCUT2D eigenvalue weighted by Crippen LogP contribution is -2.26. The fraction of sp³-hybridized carbons (Fsp3) is 0.222. The molecule has 0 aliphatic carbocycles. The van der Waals surface area contributed by atoms with Crippen molar-refractivity contribution in [3.63, 3.8) is 0 Å². The zero-order chi connectivity index (χ0) is 17.2. The molecule has 2 heterocycles. The van der Waals surface area contributed by atoms with E-state index in [1.807, 2.05) is 24.3 Å². The van der Waals surface area contributed by atoms with Gasteiger partial charge < -0.3 is 19.4 Å². The van der Waals surface area contributed by atoms with Crippen molar-refractivity contribution in [2.24, 2.45) is 0 Å². The van der Waals surface area contributed by atoms with Crippen LogP contribution in [0.5, 0.6) is 11.5 Å². The van der Waals surface area contributed by atoms with E-state index in [4.69, 9.17) is 21.1 Å². The fourth-order valence-corrected chi connectivity index (χ4v) is 2.86. The number of carbonyl (C=O) groups excluding carboxylic acids is 1. The molecule has 1 aliphatic rings. The highest BCUT2D eigenvalue weighted by atomic mass is 35.5. The van der Waals surface area contributed by atoms with Crippen LogP contribution in [0.3, 0.4) is 0 Å². The maximum Gasteiger partial charge on any atom is 0.240 e. The lowest BCUT2D eigenvalue weighted by Gasteiger charge is -2.18. The van der Waals surface area contributed by atoms with Gasteiger partial charge in [-0.15, -0.1) is 0 Å². The van der Waals surface area contributed by atoms with Crippen molar-refractivity contribution in [1.82, 2.24) is 14.9 Å². The van der Waals surface area contributed by atoms with Gasteiger partial charge in [0.1, 0.15) is 19.8 Å². The van der Waals surface area contributed by atoms with Gasteiger partial charge in [-0.25, -0.2) is 4.98 Å². The van der Waals surface area contributed by atoms with E-state index >= 15 is 0 Å². The Morgan fingerprint density at radius 3 is 2.64 bits per heavy atom. The van der Waals surface area contributed by atoms with Crippen LogP contribution >= 0.6 is 11.6 Å². The summed E-state index contributed by atoms with van der Waals surface area (Å²) in [6, 6.07) is 11.1. The topological polar surface area (TPSA) is 65.4 Å². The van der Waals surface area contributed by atoms with Crippen molar-refractivity contribution < 1.29 is 14.3 Å². The quantitative estimate of drug-likeness (QED) is 0.779. The van der Waals surface area contributed by atoms with Gasteiger partial charge in [-0.3, -0.25) is 4.79 Å². The van der Waals surface area contributed by atoms with E-state index in [1.165, 1.54) is 0 Å². The largest absolute Gasteiger partial charge is 0.486 e. The van der Waals surface area contributed by atoms with Gasteiger partial charge in [-0.2, -0.15) is 0 Å². The first-order valence-corrected chi connectivity index (χ1v) is 8.32. The van der Waals surface area contributed by atoms with Crippen molar-refractivity contribution in [3.8, 4) is 11.5 Å². The second-order valence-electron chi connectivity index (χ2n) is 5.76. The highest BCUT2D eigenvalue weighted by Gasteiger charge is 2.16. The molecule has 1 amide bonds. The Morgan fingerprint density at radius 1 is 1.16 bits per heavy atom. The fourth-order valence-electron chi connectivity index (χ4n) is 2.73. The Morgan fingerprint density at radius 2 is 1.88 bits per heavy atom. The molecule has 0 fully saturated rings. The first-order chi connectivity index (χ1) is 12.2. The molecule has 7 heteroatoms. The van der Waals surface area contributed by atoms with Gasteiger partial charge in [0.2, 0.25) is 5.91 Å². The van der Waals surface area contributed by atoms with E-state index in [0.717, 1.165) is 16.6 Å². The Hall–Kier alpha value is -2.73. The van der Waals surface area contributed by atoms with Gasteiger partial charge in [0.05, 0.1) is 17.4 Å². The first kappa shape index (κ1) is 15.8. The molecule has 0 unspecified atom stereocenters. The normalized spacial score (nSPS) is 13.0. The minimum Gasteiger partial charge on any atom is -0.486 e. The molecule has 0 atom stereocenters. The van der Waals surface area contributed by atoms with Crippen LogP contribution in [0.1, 0.15) is 5.56 Å². The van der Waals surface area contributed by atoms with Crippen LogP contribution < -0.4 is 14.8 Å². The lowest BCUT2D eigenvalue weighted by atomic mass is 10.2. The average molecular weight is 358 g/mol. The van der Waals surface area contributed by atoms with E-state index in [2.05, 4.69) is 10.3 Å². The Kier molecular flexibility index (Phi) is 4.19. The number of aromatic nitrogens is 2. The van der Waals surface area contributed by atoms with Gasteiger partial charge in [-0.05, 0) is 17.7 Å². The number of benzene rings is 2. The molecular weight excluding hydrogens is 342 g/mol. The number of imidazole rings is 1. The number of carbonyl (C=O) groups is 1. The Labute approximate surface area is 149 Å². The van der Waals surface area contributed by atoms with Crippen molar-refractivity contribution in [3.05, 3.63) is 53.3 Å². The summed E-state index contributed by atoms with van der Waals surface area (Å²) in [6.45, 7) is 1.69. The van der Waals surface area contributed by atoms with Crippen molar-refractivity contribution in [1.29, 1.82) is 0 Å². The molecule has 1 aromatic heterocycles. The first-order valence-electron chi connectivity index (χ1n) is 7.95. The number of halogens is 1. The van der Waals surface area contributed by atoms with Crippen LogP contribution in [-0.2, 0) is 17.9 Å². The number of amides is 1. The standard InChI is InChI=1S/C18H16ClN3O3/c19-13-3-1-12(2-4-13)9-20-18(23)10-22-11-21-14-7-16-17(8-15(14)22)25-6-5-24-16/h1-4,7-8,11H,5-6,9-10H2,(H,20,23). The van der Waals surface area contributed by atoms with Gasteiger partial charge in [0.25, 0.3) is 0 Å². The molecule has 0 saturated heterocycles. The predicted octanol–water partition coefficient (Wildman–Crippen LogP) is 2.78. The second kappa shape index (κ2) is 6.64. The average Bonchev–Trinajstić information content (AvgIpc) is 3.01. The summed E-state index contributed by atoms with van der Waals surface area (Å²) in [5.74, 6) is 1.28. The van der Waals surface area contributed by atoms with Crippen LogP contribution in [-0.4, -0.2) is 28.7 Å². The van der Waals surface area contributed by atoms with Crippen molar-refractivity contribution >= 4 is 28.5 Å². The van der Waals surface area contributed by atoms with E-state index in [9.17, 15) is 4.79 Å². The molecule has 4 rings (SSSR count). The van der Waals surface area contributed by atoms with E-state index in [-0.39, 0.29) is 12.5 Å². The zero-order valence-electron chi connectivity index (χ0n) is 13.4. The number of rotatable bonds is 4. The highest BCUT2D eigenvalue weighted by molar-refractivity contribution is 6.30. The molecule has 1 N–H and O–H groups in total. The molecule has 128 valence electrons. The van der Waals surface area contributed by atoms with Crippen LogP contribution in [0, 0.1) is 0 Å². The summed E-state index contributed by atoms with van der Waals surface area (Å²) < 4.78 is 12.9. The molecule has 2 aromatic carbocycles. The summed E-state index contributed by atoms with van der Waals surface area (Å²) in [5, 5.41) is 3.57. The van der Waals surface area contributed by atoms with Crippen molar-refractivity contribution in [2.45, 2.75) is 13.1 Å². The number of ether oxygens (including phenoxy) is 2. The van der Waals surface area contributed by atoms with Crippen molar-refractivity contribution in [2.75, 3.05) is 13.2 Å². The number of hydrogen-bond donors (Lipinski definition) is 1. The molecule has 6 nitrogen and oxygen atoms in total. The number of hydrogen-bond acceptors (Lipinski definition) is 4. The van der Waals surface area contributed by atoms with Crippen LogP contribution in [0.25, 0.3) is 11.0 Å². The van der Waals surface area contributed by atoms with Crippen LogP contribution in [0.4, 0.5) is 0 Å². The molecule has 1 aliphatic heterocycles. The molecule has 25 heavy (non-hydrogen) atoms. The van der Waals surface area contributed by atoms with E-state index in [1.54, 1.807) is 23.0 Å². The summed E-state index contributed by atoms with van der Waals surface area (Å²) in [6.07, 6.45) is 1.65. The molecule has 3 aromatic rings. The Bertz CT molecular complexity index is 921. The Balaban J connectivity index is 1.46. The molecular formula is C18H16ClN3O3. The lowest BCUT2D eigenvalue weighted by molar-refractivity contribution is -0.121. The number of nitrogens with one attached hydrogen (secondary N) is 1. The third-order valence-corrected chi connectivity index (χ3v) is 4.25. The molecule has 0 radical (unpaired) electrons. The van der Waals surface area contributed by atoms with Gasteiger partial charge in [0.15, 0.2) is 11.5 Å². The molecule has 0 saturated carbocycles. The van der Waals surface area contributed by atoms with Crippen LogP contribution in [0.15, 0.2) is 42.7 Å². The molecule has 0 spiro atoms. The summed E-state index contributed by atoms with van der Waals surface area (Å²) in [4.78, 5) is 16.6. The number of nitrogens with zero attached hydrogens (tertiary/aromatic N) is 2. The van der Waals surface area contributed by atoms with E-state index < -0.39 is 0 Å². The summed E-state index contributed by atoms with van der Waals surface area (Å²) in [5.41, 5.74) is 2.61. The number of fused-ring (bicyclic) bond motifs is 2. The monoisotopic (exact) mass is 357 g/mol. The minimum absolute atomic E-state index is 0.0934. The maximum absolute atomic E-state index is 12.2. The van der Waals surface area contributed by atoms with Crippen LogP contribution in [0.2, 0.25) is 5.02 Å². The third-order valence-electron chi connectivity index (χ3n) is 4.00. The van der Waals surface area contributed by atoms with E-state index in [0.29, 0.717) is 36.3 Å². The third kappa shape index (κ3) is 3.39. The summed E-state index contributed by atoms with van der Waals surface area (Å²) in [7, 11) is 0. The molecule has 0 bridgehead atoms. The zero-order valence-corrected chi connectivity index (χ0v) is 14.1. The van der Waals surface area contributed by atoms with Gasteiger partial charge >= 0.3 is 0 Å². The summed E-state index contributed by atoms with van der Waals surface area (Å²) >= 11 is 5.86. The SMILES string of the molecule is O=C(Cn1cnc2cc3c(cc21)OCCO3)NCc1ccc(Cl)cc1. The smallest absolute Gasteiger partial charge is 0.240 e. The highest BCUT2D eigenvalue weighted by Crippen LogP contribution is 2.34. The predicted molar refractivity (Wildman–Crippen MR) is 94.0 cm³/mol.